The molecule has 2 rings (SSSR count). The number of halogens is 1. The van der Waals surface area contributed by atoms with E-state index in [0.717, 1.165) is 6.42 Å². The van der Waals surface area contributed by atoms with Crippen molar-refractivity contribution in [3.05, 3.63) is 18.2 Å². The van der Waals surface area contributed by atoms with Gasteiger partial charge in [-0.25, -0.2) is 8.42 Å². The van der Waals surface area contributed by atoms with Gasteiger partial charge >= 0.3 is 0 Å². The van der Waals surface area contributed by atoms with Crippen LogP contribution in [-0.4, -0.2) is 46.4 Å². The number of benzene rings is 1. The summed E-state index contributed by atoms with van der Waals surface area (Å²) >= 11 is 0. The van der Waals surface area contributed by atoms with E-state index in [1.54, 1.807) is 6.07 Å². The van der Waals surface area contributed by atoms with Crippen molar-refractivity contribution in [2.75, 3.05) is 32.1 Å². The summed E-state index contributed by atoms with van der Waals surface area (Å²) in [5, 5.41) is 2.54. The Hall–Kier alpha value is -1.51. The number of nitrogens with two attached hydrogens (primary N) is 1. The van der Waals surface area contributed by atoms with Crippen LogP contribution in [-0.2, 0) is 14.6 Å². The Morgan fingerprint density at radius 3 is 2.61 bits per heavy atom. The standard InChI is InChI=1S/C14H20N2O5S.ClH/c15-5-6-16-14(17)4-9-22(18,19)11-2-3-12-13(10-11)21-8-1-7-20-12;/h2-3,10H,1,4-9,15H2,(H,16,17);1H. The van der Waals surface area contributed by atoms with E-state index in [1.165, 1.54) is 12.1 Å². The topological polar surface area (TPSA) is 108 Å². The maximum absolute atomic E-state index is 12.3. The molecule has 3 N–H and O–H groups in total. The summed E-state index contributed by atoms with van der Waals surface area (Å²) in [5.74, 6) is 0.370. The van der Waals surface area contributed by atoms with Crippen LogP contribution in [0, 0.1) is 0 Å². The molecule has 0 aliphatic carbocycles. The van der Waals surface area contributed by atoms with Crippen molar-refractivity contribution in [2.45, 2.75) is 17.7 Å². The first-order chi connectivity index (χ1) is 10.5. The molecule has 1 aliphatic rings. The second kappa shape index (κ2) is 8.95. The van der Waals surface area contributed by atoms with E-state index < -0.39 is 9.84 Å². The van der Waals surface area contributed by atoms with Gasteiger partial charge in [0.05, 0.1) is 23.9 Å². The van der Waals surface area contributed by atoms with Gasteiger partial charge in [-0.1, -0.05) is 0 Å². The summed E-state index contributed by atoms with van der Waals surface area (Å²) in [5.41, 5.74) is 5.27. The average Bonchev–Trinajstić information content (AvgIpc) is 2.75. The molecule has 1 aromatic carbocycles. The quantitative estimate of drug-likeness (QED) is 0.761. The third-order valence-corrected chi connectivity index (χ3v) is 4.86. The summed E-state index contributed by atoms with van der Waals surface area (Å²) in [7, 11) is -3.55. The van der Waals surface area contributed by atoms with E-state index in [-0.39, 0.29) is 35.4 Å². The van der Waals surface area contributed by atoms with Crippen LogP contribution in [0.3, 0.4) is 0 Å². The van der Waals surface area contributed by atoms with Crippen molar-refractivity contribution in [3.8, 4) is 11.5 Å². The van der Waals surface area contributed by atoms with Crippen molar-refractivity contribution in [2.24, 2.45) is 5.73 Å². The maximum Gasteiger partial charge on any atom is 0.221 e. The van der Waals surface area contributed by atoms with Gasteiger partial charge in [0.2, 0.25) is 5.91 Å². The van der Waals surface area contributed by atoms with E-state index in [9.17, 15) is 13.2 Å². The van der Waals surface area contributed by atoms with Gasteiger partial charge in [-0.2, -0.15) is 0 Å². The molecule has 0 bridgehead atoms. The van der Waals surface area contributed by atoms with Gasteiger partial charge in [-0.3, -0.25) is 4.79 Å². The number of carbonyl (C=O) groups is 1. The van der Waals surface area contributed by atoms with Gasteiger partial charge in [0.15, 0.2) is 21.3 Å². The monoisotopic (exact) mass is 364 g/mol. The minimum absolute atomic E-state index is 0. The molecule has 1 aromatic rings. The van der Waals surface area contributed by atoms with E-state index in [2.05, 4.69) is 5.32 Å². The predicted octanol–water partition coefficient (Wildman–Crippen LogP) is 0.508. The first kappa shape index (κ1) is 19.5. The van der Waals surface area contributed by atoms with Crippen LogP contribution in [0.15, 0.2) is 23.1 Å². The second-order valence-corrected chi connectivity index (χ2v) is 6.98. The SMILES string of the molecule is Cl.NCCNC(=O)CCS(=O)(=O)c1ccc2c(c1)OCCCO2. The molecule has 0 saturated carbocycles. The molecule has 0 atom stereocenters. The minimum Gasteiger partial charge on any atom is -0.490 e. The van der Waals surface area contributed by atoms with Crippen LogP contribution in [0.4, 0.5) is 0 Å². The van der Waals surface area contributed by atoms with Crippen LogP contribution in [0.25, 0.3) is 0 Å². The molecule has 0 unspecified atom stereocenters. The number of fused-ring (bicyclic) bond motifs is 1. The number of hydrogen-bond donors (Lipinski definition) is 2. The van der Waals surface area contributed by atoms with Crippen LogP contribution < -0.4 is 20.5 Å². The van der Waals surface area contributed by atoms with E-state index in [4.69, 9.17) is 15.2 Å². The lowest BCUT2D eigenvalue weighted by Crippen LogP contribution is -2.30. The molecular weight excluding hydrogens is 344 g/mol. The number of ether oxygens (including phenoxy) is 2. The molecule has 1 aliphatic heterocycles. The number of sulfone groups is 1. The summed E-state index contributed by atoms with van der Waals surface area (Å²) in [4.78, 5) is 11.6. The Labute approximate surface area is 141 Å². The smallest absolute Gasteiger partial charge is 0.221 e. The van der Waals surface area contributed by atoms with Gasteiger partial charge in [-0.05, 0) is 12.1 Å². The van der Waals surface area contributed by atoms with Crippen molar-refractivity contribution >= 4 is 28.2 Å². The largest absolute Gasteiger partial charge is 0.490 e. The zero-order chi connectivity index (χ0) is 16.0. The molecule has 1 amide bonds. The fourth-order valence-corrected chi connectivity index (χ4v) is 3.23. The Bertz CT molecular complexity index is 636. The highest BCUT2D eigenvalue weighted by Gasteiger charge is 2.20. The third kappa shape index (κ3) is 5.56. The zero-order valence-electron chi connectivity index (χ0n) is 12.6. The number of amides is 1. The molecule has 9 heteroatoms. The molecule has 0 aromatic heterocycles. The average molecular weight is 365 g/mol. The molecule has 7 nitrogen and oxygen atoms in total. The molecule has 0 radical (unpaired) electrons. The van der Waals surface area contributed by atoms with E-state index in [0.29, 0.717) is 37.8 Å². The highest BCUT2D eigenvalue weighted by atomic mass is 35.5. The summed E-state index contributed by atoms with van der Waals surface area (Å²) in [6.45, 7) is 1.68. The molecule has 0 spiro atoms. The van der Waals surface area contributed by atoms with Crippen LogP contribution in [0.5, 0.6) is 11.5 Å². The number of hydrogen-bond acceptors (Lipinski definition) is 6. The lowest BCUT2D eigenvalue weighted by molar-refractivity contribution is -0.120. The second-order valence-electron chi connectivity index (χ2n) is 4.87. The molecule has 1 heterocycles. The number of nitrogens with one attached hydrogen (secondary N) is 1. The summed E-state index contributed by atoms with van der Waals surface area (Å²) in [6.07, 6.45) is 0.648. The fraction of sp³-hybridized carbons (Fsp3) is 0.500. The lowest BCUT2D eigenvalue weighted by Gasteiger charge is -2.10. The highest BCUT2D eigenvalue weighted by Crippen LogP contribution is 2.32. The highest BCUT2D eigenvalue weighted by molar-refractivity contribution is 7.91. The summed E-state index contributed by atoms with van der Waals surface area (Å²) in [6, 6.07) is 4.51. The lowest BCUT2D eigenvalue weighted by atomic mass is 10.3. The molecule has 0 fully saturated rings. The van der Waals surface area contributed by atoms with Crippen molar-refractivity contribution < 1.29 is 22.7 Å². The first-order valence-corrected chi connectivity index (χ1v) is 8.77. The van der Waals surface area contributed by atoms with Crippen LogP contribution >= 0.6 is 12.4 Å². The molecule has 130 valence electrons. The molecular formula is C14H21ClN2O5S. The van der Waals surface area contributed by atoms with Gasteiger partial charge < -0.3 is 20.5 Å². The Kier molecular flexibility index (Phi) is 7.60. The van der Waals surface area contributed by atoms with Crippen molar-refractivity contribution in [3.63, 3.8) is 0 Å². The maximum atomic E-state index is 12.3. The third-order valence-electron chi connectivity index (χ3n) is 3.14. The number of rotatable bonds is 6. The summed E-state index contributed by atoms with van der Waals surface area (Å²) < 4.78 is 35.5. The molecule has 23 heavy (non-hydrogen) atoms. The Balaban J connectivity index is 0.00000264. The van der Waals surface area contributed by atoms with Crippen LogP contribution in [0.1, 0.15) is 12.8 Å². The van der Waals surface area contributed by atoms with Crippen molar-refractivity contribution in [1.29, 1.82) is 0 Å². The number of carbonyl (C=O) groups excluding carboxylic acids is 1. The fourth-order valence-electron chi connectivity index (χ4n) is 1.98. The normalized spacial score (nSPS) is 13.6. The molecule has 0 saturated heterocycles. The van der Waals surface area contributed by atoms with Gasteiger partial charge in [-0.15, -0.1) is 12.4 Å². The minimum atomic E-state index is -3.55. The van der Waals surface area contributed by atoms with Crippen molar-refractivity contribution in [1.82, 2.24) is 5.32 Å². The van der Waals surface area contributed by atoms with Gasteiger partial charge in [0, 0.05) is 32.0 Å². The van der Waals surface area contributed by atoms with E-state index >= 15 is 0 Å². The van der Waals surface area contributed by atoms with E-state index in [1.807, 2.05) is 0 Å². The predicted molar refractivity (Wildman–Crippen MR) is 88.0 cm³/mol. The zero-order valence-corrected chi connectivity index (χ0v) is 14.2. The van der Waals surface area contributed by atoms with Crippen LogP contribution in [0.2, 0.25) is 0 Å². The first-order valence-electron chi connectivity index (χ1n) is 7.12. The van der Waals surface area contributed by atoms with Gasteiger partial charge in [0.25, 0.3) is 0 Å². The van der Waals surface area contributed by atoms with Gasteiger partial charge in [0.1, 0.15) is 0 Å². The Morgan fingerprint density at radius 2 is 1.91 bits per heavy atom. The Morgan fingerprint density at radius 1 is 1.22 bits per heavy atom.